The van der Waals surface area contributed by atoms with E-state index in [9.17, 15) is 9.59 Å². The van der Waals surface area contributed by atoms with Gasteiger partial charge in [-0.05, 0) is 36.6 Å². The quantitative estimate of drug-likeness (QED) is 0.672. The molecule has 0 saturated carbocycles. The minimum absolute atomic E-state index is 0.0907. The first-order chi connectivity index (χ1) is 14.0. The van der Waals surface area contributed by atoms with E-state index in [0.717, 1.165) is 28.8 Å². The van der Waals surface area contributed by atoms with Gasteiger partial charge in [0.15, 0.2) is 0 Å². The summed E-state index contributed by atoms with van der Waals surface area (Å²) in [6, 6.07) is 14.5. The Labute approximate surface area is 170 Å². The Kier molecular flexibility index (Phi) is 5.09. The van der Waals surface area contributed by atoms with Crippen LogP contribution >= 0.6 is 0 Å². The number of aromatic nitrogens is 2. The fourth-order valence-corrected chi connectivity index (χ4v) is 3.84. The average molecular weight is 390 g/mol. The van der Waals surface area contributed by atoms with Gasteiger partial charge in [-0.3, -0.25) is 9.59 Å². The van der Waals surface area contributed by atoms with Gasteiger partial charge in [0, 0.05) is 12.1 Å². The van der Waals surface area contributed by atoms with Crippen LogP contribution in [0.4, 0.5) is 0 Å². The second-order valence-electron chi connectivity index (χ2n) is 7.78. The smallest absolute Gasteiger partial charge is 0.255 e. The lowest BCUT2D eigenvalue weighted by molar-refractivity contribution is -0.126. The zero-order valence-corrected chi connectivity index (χ0v) is 17.0. The Bertz CT molecular complexity index is 1020. The highest BCUT2D eigenvalue weighted by atomic mass is 16.2. The number of fused-ring (bicyclic) bond motifs is 2. The number of para-hydroxylation sites is 2. The molecular weight excluding hydrogens is 364 g/mol. The molecule has 0 aliphatic carbocycles. The molecule has 6 nitrogen and oxygen atoms in total. The molecule has 1 aromatic heterocycles. The average Bonchev–Trinajstić information content (AvgIpc) is 3.32. The number of H-pyrrole nitrogens is 1. The Morgan fingerprint density at radius 3 is 2.62 bits per heavy atom. The molecule has 3 atom stereocenters. The number of carbonyl (C=O) groups is 2. The van der Waals surface area contributed by atoms with Crippen molar-refractivity contribution >= 4 is 22.8 Å². The van der Waals surface area contributed by atoms with Crippen molar-refractivity contribution in [2.45, 2.75) is 45.8 Å². The second-order valence-corrected chi connectivity index (χ2v) is 7.78. The predicted molar refractivity (Wildman–Crippen MR) is 112 cm³/mol. The van der Waals surface area contributed by atoms with Crippen LogP contribution in [0.5, 0.6) is 0 Å². The van der Waals surface area contributed by atoms with E-state index in [1.165, 1.54) is 0 Å². The van der Waals surface area contributed by atoms with E-state index in [2.05, 4.69) is 29.1 Å². The van der Waals surface area contributed by atoms with Crippen LogP contribution < -0.4 is 5.32 Å². The minimum Gasteiger partial charge on any atom is -0.344 e. The van der Waals surface area contributed by atoms with Gasteiger partial charge < -0.3 is 15.2 Å². The zero-order valence-electron chi connectivity index (χ0n) is 17.0. The molecule has 2 amide bonds. The summed E-state index contributed by atoms with van der Waals surface area (Å²) in [7, 11) is 0. The van der Waals surface area contributed by atoms with Crippen molar-refractivity contribution in [3.05, 3.63) is 65.5 Å². The standard InChI is InChI=1S/C23H26N4O2/c1-4-14(2)20(21-24-18-11-7-8-12-19(18)25-21)26-22(28)15(3)27-13-16-9-5-6-10-17(16)23(27)29/h5-12,14-15,20H,4,13H2,1-3H3,(H,24,25)(H,26,28)/t14-,15+,20+/m0/s1. The molecule has 0 radical (unpaired) electrons. The third-order valence-corrected chi connectivity index (χ3v) is 5.91. The van der Waals surface area contributed by atoms with Gasteiger partial charge in [0.2, 0.25) is 5.91 Å². The van der Waals surface area contributed by atoms with Gasteiger partial charge in [-0.2, -0.15) is 0 Å². The van der Waals surface area contributed by atoms with Gasteiger partial charge in [-0.1, -0.05) is 50.6 Å². The van der Waals surface area contributed by atoms with E-state index >= 15 is 0 Å². The molecule has 0 spiro atoms. The molecule has 0 unspecified atom stereocenters. The summed E-state index contributed by atoms with van der Waals surface area (Å²) in [5.74, 6) is 0.680. The van der Waals surface area contributed by atoms with E-state index in [-0.39, 0.29) is 23.8 Å². The number of hydrogen-bond acceptors (Lipinski definition) is 3. The molecule has 2 aromatic carbocycles. The number of nitrogens with zero attached hydrogens (tertiary/aromatic N) is 2. The maximum atomic E-state index is 13.1. The maximum Gasteiger partial charge on any atom is 0.255 e. The highest BCUT2D eigenvalue weighted by molar-refractivity contribution is 6.01. The predicted octanol–water partition coefficient (Wildman–Crippen LogP) is 3.81. The van der Waals surface area contributed by atoms with E-state index in [0.29, 0.717) is 12.1 Å². The number of amides is 2. The van der Waals surface area contributed by atoms with E-state index in [4.69, 9.17) is 0 Å². The summed E-state index contributed by atoms with van der Waals surface area (Å²) >= 11 is 0. The summed E-state index contributed by atoms with van der Waals surface area (Å²) in [5, 5.41) is 3.14. The Hall–Kier alpha value is -3.15. The van der Waals surface area contributed by atoms with Crippen LogP contribution in [0, 0.1) is 5.92 Å². The van der Waals surface area contributed by atoms with Gasteiger partial charge in [-0.25, -0.2) is 4.98 Å². The molecule has 0 fully saturated rings. The zero-order chi connectivity index (χ0) is 20.5. The lowest BCUT2D eigenvalue weighted by Crippen LogP contribution is -2.47. The fourth-order valence-electron chi connectivity index (χ4n) is 3.84. The molecule has 2 N–H and O–H groups in total. The first-order valence-electron chi connectivity index (χ1n) is 10.1. The summed E-state index contributed by atoms with van der Waals surface area (Å²) in [6.45, 7) is 6.43. The maximum absolute atomic E-state index is 13.1. The Balaban J connectivity index is 1.55. The van der Waals surface area contributed by atoms with Crippen molar-refractivity contribution in [3.8, 4) is 0 Å². The lowest BCUT2D eigenvalue weighted by Gasteiger charge is -2.28. The van der Waals surface area contributed by atoms with Crippen LogP contribution in [-0.4, -0.2) is 32.7 Å². The van der Waals surface area contributed by atoms with Crippen molar-refractivity contribution in [1.82, 2.24) is 20.2 Å². The largest absolute Gasteiger partial charge is 0.344 e. The number of benzene rings is 2. The lowest BCUT2D eigenvalue weighted by atomic mass is 9.98. The molecular formula is C23H26N4O2. The molecule has 0 bridgehead atoms. The summed E-state index contributed by atoms with van der Waals surface area (Å²) in [5.41, 5.74) is 3.47. The topological polar surface area (TPSA) is 78.1 Å². The second kappa shape index (κ2) is 7.70. The number of rotatable bonds is 6. The third-order valence-electron chi connectivity index (χ3n) is 5.91. The van der Waals surface area contributed by atoms with E-state index < -0.39 is 6.04 Å². The van der Waals surface area contributed by atoms with Crippen molar-refractivity contribution in [2.24, 2.45) is 5.92 Å². The molecule has 2 heterocycles. The minimum atomic E-state index is -0.564. The molecule has 4 rings (SSSR count). The van der Waals surface area contributed by atoms with Gasteiger partial charge in [0.25, 0.3) is 5.91 Å². The molecule has 1 aliphatic rings. The third kappa shape index (κ3) is 3.50. The van der Waals surface area contributed by atoms with Crippen LogP contribution in [0.15, 0.2) is 48.5 Å². The molecule has 1 aliphatic heterocycles. The van der Waals surface area contributed by atoms with Crippen LogP contribution in [0.3, 0.4) is 0 Å². The number of aromatic amines is 1. The number of nitrogens with one attached hydrogen (secondary N) is 2. The Morgan fingerprint density at radius 2 is 1.90 bits per heavy atom. The van der Waals surface area contributed by atoms with Gasteiger partial charge in [0.1, 0.15) is 11.9 Å². The molecule has 6 heteroatoms. The number of carbonyl (C=O) groups excluding carboxylic acids is 2. The van der Waals surface area contributed by atoms with Gasteiger partial charge in [-0.15, -0.1) is 0 Å². The van der Waals surface area contributed by atoms with Crippen LogP contribution in [0.2, 0.25) is 0 Å². The summed E-state index contributed by atoms with van der Waals surface area (Å²) in [4.78, 5) is 35.5. The highest BCUT2D eigenvalue weighted by Crippen LogP contribution is 2.27. The molecule has 3 aromatic rings. The molecule has 150 valence electrons. The van der Waals surface area contributed by atoms with Crippen molar-refractivity contribution < 1.29 is 9.59 Å². The molecule has 29 heavy (non-hydrogen) atoms. The monoisotopic (exact) mass is 390 g/mol. The Morgan fingerprint density at radius 1 is 1.17 bits per heavy atom. The summed E-state index contributed by atoms with van der Waals surface area (Å²) < 4.78 is 0. The van der Waals surface area contributed by atoms with Crippen LogP contribution in [0.25, 0.3) is 11.0 Å². The van der Waals surface area contributed by atoms with Crippen molar-refractivity contribution in [2.75, 3.05) is 0 Å². The molecule has 0 saturated heterocycles. The van der Waals surface area contributed by atoms with E-state index in [1.807, 2.05) is 48.5 Å². The normalized spacial score (nSPS) is 16.5. The fraction of sp³-hybridized carbons (Fsp3) is 0.348. The first-order valence-corrected chi connectivity index (χ1v) is 10.1. The summed E-state index contributed by atoms with van der Waals surface area (Å²) in [6.07, 6.45) is 0.893. The number of hydrogen-bond donors (Lipinski definition) is 2. The highest BCUT2D eigenvalue weighted by Gasteiger charge is 2.35. The van der Waals surface area contributed by atoms with Crippen LogP contribution in [0.1, 0.15) is 55.0 Å². The van der Waals surface area contributed by atoms with Gasteiger partial charge in [0.05, 0.1) is 17.1 Å². The van der Waals surface area contributed by atoms with Gasteiger partial charge >= 0.3 is 0 Å². The van der Waals surface area contributed by atoms with Crippen molar-refractivity contribution in [1.29, 1.82) is 0 Å². The number of imidazole rings is 1. The SMILES string of the molecule is CC[C@H](C)[C@@H](NC(=O)[C@@H](C)N1Cc2ccccc2C1=O)c1nc2ccccc2[nH]1. The van der Waals surface area contributed by atoms with E-state index in [1.54, 1.807) is 11.8 Å². The first kappa shape index (κ1) is 19.2. The van der Waals surface area contributed by atoms with Crippen molar-refractivity contribution in [3.63, 3.8) is 0 Å². The van der Waals surface area contributed by atoms with Crippen LogP contribution in [-0.2, 0) is 11.3 Å².